The molecule has 0 unspecified atom stereocenters. The lowest BCUT2D eigenvalue weighted by atomic mass is 10.2. The van der Waals surface area contributed by atoms with Crippen molar-refractivity contribution in [2.45, 2.75) is 17.7 Å². The van der Waals surface area contributed by atoms with Crippen LogP contribution in [0.4, 0.5) is 5.69 Å². The molecule has 0 aromatic heterocycles. The third kappa shape index (κ3) is 2.85. The van der Waals surface area contributed by atoms with Gasteiger partial charge in [-0.25, -0.2) is 0 Å². The highest BCUT2D eigenvalue weighted by atomic mass is 35.5. The van der Waals surface area contributed by atoms with Crippen LogP contribution in [0.1, 0.15) is 13.3 Å². The Labute approximate surface area is 110 Å². The van der Waals surface area contributed by atoms with E-state index in [9.17, 15) is 4.79 Å². The fourth-order valence-electron chi connectivity index (χ4n) is 1.57. The molecular formula is C12H13Cl2NO2. The van der Waals surface area contributed by atoms with Gasteiger partial charge in [-0.2, -0.15) is 0 Å². The summed E-state index contributed by atoms with van der Waals surface area (Å²) < 4.78 is 4.51. The number of rotatable bonds is 4. The van der Waals surface area contributed by atoms with Crippen molar-refractivity contribution in [3.8, 4) is 5.75 Å². The summed E-state index contributed by atoms with van der Waals surface area (Å²) in [6.07, 6.45) is 0.499. The Morgan fingerprint density at radius 1 is 1.53 bits per heavy atom. The van der Waals surface area contributed by atoms with Crippen molar-refractivity contribution in [3.05, 3.63) is 24.3 Å². The van der Waals surface area contributed by atoms with Gasteiger partial charge in [0, 0.05) is 0 Å². The standard InChI is InChI=1S/C12H13Cl2NO2/c1-2-17-10-6-4-3-5-9(10)15-11(16)8-7-12(8,13)14/h3-6,8H,2,7H2,1H3,(H,15,16)/t8-/m1/s1. The van der Waals surface area contributed by atoms with E-state index in [1.54, 1.807) is 12.1 Å². The van der Waals surface area contributed by atoms with Crippen molar-refractivity contribution in [2.75, 3.05) is 11.9 Å². The van der Waals surface area contributed by atoms with Gasteiger partial charge in [0.25, 0.3) is 0 Å². The zero-order valence-electron chi connectivity index (χ0n) is 9.37. The number of ether oxygens (including phenoxy) is 1. The van der Waals surface area contributed by atoms with Crippen molar-refractivity contribution in [3.63, 3.8) is 0 Å². The first kappa shape index (κ1) is 12.5. The number of carbonyl (C=O) groups excluding carboxylic acids is 1. The second kappa shape index (κ2) is 4.75. The lowest BCUT2D eigenvalue weighted by Crippen LogP contribution is -2.17. The maximum absolute atomic E-state index is 11.8. The van der Waals surface area contributed by atoms with Crippen LogP contribution in [0.3, 0.4) is 0 Å². The van der Waals surface area contributed by atoms with Crippen LogP contribution in [-0.2, 0) is 4.79 Å². The highest BCUT2D eigenvalue weighted by Gasteiger charge is 2.56. The molecule has 0 saturated heterocycles. The average molecular weight is 274 g/mol. The van der Waals surface area contributed by atoms with E-state index in [4.69, 9.17) is 27.9 Å². The summed E-state index contributed by atoms with van der Waals surface area (Å²) in [5, 5.41) is 2.78. The lowest BCUT2D eigenvalue weighted by Gasteiger charge is -2.11. The van der Waals surface area contributed by atoms with Gasteiger partial charge < -0.3 is 10.1 Å². The number of halogens is 2. The average Bonchev–Trinajstić information content (AvgIpc) is 2.91. The minimum absolute atomic E-state index is 0.165. The number of alkyl halides is 2. The maximum atomic E-state index is 11.8. The number of anilines is 1. The molecule has 3 nitrogen and oxygen atoms in total. The summed E-state index contributed by atoms with van der Waals surface area (Å²) in [6, 6.07) is 7.28. The van der Waals surface area contributed by atoms with Gasteiger partial charge in [-0.15, -0.1) is 23.2 Å². The number of carbonyl (C=O) groups is 1. The molecule has 92 valence electrons. The normalized spacial score (nSPS) is 20.8. The predicted molar refractivity (Wildman–Crippen MR) is 68.8 cm³/mol. The molecule has 1 aliphatic rings. The van der Waals surface area contributed by atoms with E-state index in [2.05, 4.69) is 5.32 Å². The molecule has 0 spiro atoms. The van der Waals surface area contributed by atoms with Crippen molar-refractivity contribution in [2.24, 2.45) is 5.92 Å². The number of hydrogen-bond acceptors (Lipinski definition) is 2. The van der Waals surface area contributed by atoms with Gasteiger partial charge in [-0.3, -0.25) is 4.79 Å². The molecule has 0 bridgehead atoms. The van der Waals surface area contributed by atoms with E-state index in [1.807, 2.05) is 19.1 Å². The van der Waals surface area contributed by atoms with Crippen LogP contribution in [0.25, 0.3) is 0 Å². The van der Waals surface area contributed by atoms with Gasteiger partial charge >= 0.3 is 0 Å². The molecule has 1 aliphatic carbocycles. The van der Waals surface area contributed by atoms with Gasteiger partial charge in [0.15, 0.2) is 0 Å². The highest BCUT2D eigenvalue weighted by Crippen LogP contribution is 2.53. The summed E-state index contributed by atoms with van der Waals surface area (Å²) in [4.78, 5) is 11.8. The van der Waals surface area contributed by atoms with Crippen molar-refractivity contribution in [1.82, 2.24) is 0 Å². The van der Waals surface area contributed by atoms with E-state index in [0.717, 1.165) is 0 Å². The van der Waals surface area contributed by atoms with Crippen LogP contribution in [0.2, 0.25) is 0 Å². The minimum Gasteiger partial charge on any atom is -0.492 e. The van der Waals surface area contributed by atoms with E-state index < -0.39 is 4.33 Å². The third-order valence-corrected chi connectivity index (χ3v) is 3.42. The molecule has 1 fully saturated rings. The molecule has 1 N–H and O–H groups in total. The van der Waals surface area contributed by atoms with Crippen LogP contribution in [0, 0.1) is 5.92 Å². The molecule has 1 aromatic rings. The fraction of sp³-hybridized carbons (Fsp3) is 0.417. The summed E-state index contributed by atoms with van der Waals surface area (Å²) >= 11 is 11.7. The van der Waals surface area contributed by atoms with Crippen molar-refractivity contribution < 1.29 is 9.53 Å². The maximum Gasteiger partial charge on any atom is 0.230 e. The van der Waals surface area contributed by atoms with Crippen LogP contribution >= 0.6 is 23.2 Å². The second-order valence-electron chi connectivity index (χ2n) is 3.94. The Morgan fingerprint density at radius 2 is 2.18 bits per heavy atom. The first-order chi connectivity index (χ1) is 8.04. The molecule has 1 amide bonds. The molecule has 1 atom stereocenters. The lowest BCUT2D eigenvalue weighted by molar-refractivity contribution is -0.117. The van der Waals surface area contributed by atoms with Crippen LogP contribution in [-0.4, -0.2) is 16.8 Å². The fourth-order valence-corrected chi connectivity index (χ4v) is 2.08. The summed E-state index contributed by atoms with van der Waals surface area (Å²) in [5.74, 6) is 0.154. The third-order valence-electron chi connectivity index (χ3n) is 2.59. The summed E-state index contributed by atoms with van der Waals surface area (Å²) in [7, 11) is 0. The molecule has 1 saturated carbocycles. The highest BCUT2D eigenvalue weighted by molar-refractivity contribution is 6.52. The number of hydrogen-bond donors (Lipinski definition) is 1. The largest absolute Gasteiger partial charge is 0.492 e. The van der Waals surface area contributed by atoms with Gasteiger partial charge in [-0.05, 0) is 25.5 Å². The molecule has 1 aromatic carbocycles. The smallest absolute Gasteiger partial charge is 0.230 e. The Hall–Kier alpha value is -0.930. The first-order valence-electron chi connectivity index (χ1n) is 5.45. The molecular weight excluding hydrogens is 261 g/mol. The molecule has 5 heteroatoms. The molecule has 0 heterocycles. The van der Waals surface area contributed by atoms with Gasteiger partial charge in [0.1, 0.15) is 10.1 Å². The number of benzene rings is 1. The molecule has 0 radical (unpaired) electrons. The Kier molecular flexibility index (Phi) is 3.50. The Balaban J connectivity index is 2.06. The number of para-hydroxylation sites is 2. The van der Waals surface area contributed by atoms with Gasteiger partial charge in [0.05, 0.1) is 18.2 Å². The van der Waals surface area contributed by atoms with E-state index in [0.29, 0.717) is 24.5 Å². The van der Waals surface area contributed by atoms with Gasteiger partial charge in [0.2, 0.25) is 5.91 Å². The molecule has 2 rings (SSSR count). The first-order valence-corrected chi connectivity index (χ1v) is 6.20. The van der Waals surface area contributed by atoms with E-state index in [-0.39, 0.29) is 11.8 Å². The summed E-state index contributed by atoms with van der Waals surface area (Å²) in [5.41, 5.74) is 0.649. The zero-order valence-corrected chi connectivity index (χ0v) is 10.9. The quantitative estimate of drug-likeness (QED) is 0.856. The Morgan fingerprint density at radius 3 is 2.76 bits per heavy atom. The number of nitrogens with one attached hydrogen (secondary N) is 1. The predicted octanol–water partition coefficient (Wildman–Crippen LogP) is 3.22. The zero-order chi connectivity index (χ0) is 12.5. The monoisotopic (exact) mass is 273 g/mol. The van der Waals surface area contributed by atoms with Crippen LogP contribution < -0.4 is 10.1 Å². The minimum atomic E-state index is -0.898. The van der Waals surface area contributed by atoms with Crippen LogP contribution in [0.5, 0.6) is 5.75 Å². The molecule has 17 heavy (non-hydrogen) atoms. The van der Waals surface area contributed by atoms with Crippen molar-refractivity contribution >= 4 is 34.8 Å². The summed E-state index contributed by atoms with van der Waals surface area (Å²) in [6.45, 7) is 2.44. The number of amides is 1. The molecule has 0 aliphatic heterocycles. The van der Waals surface area contributed by atoms with E-state index in [1.165, 1.54) is 0 Å². The SMILES string of the molecule is CCOc1ccccc1NC(=O)[C@H]1CC1(Cl)Cl. The Bertz CT molecular complexity index is 434. The van der Waals surface area contributed by atoms with E-state index >= 15 is 0 Å². The topological polar surface area (TPSA) is 38.3 Å². The van der Waals surface area contributed by atoms with Gasteiger partial charge in [-0.1, -0.05) is 12.1 Å². The van der Waals surface area contributed by atoms with Crippen LogP contribution in [0.15, 0.2) is 24.3 Å². The second-order valence-corrected chi connectivity index (χ2v) is 5.48. The van der Waals surface area contributed by atoms with Crippen molar-refractivity contribution in [1.29, 1.82) is 0 Å².